The van der Waals surface area contributed by atoms with Crippen LogP contribution in [0.4, 0.5) is 0 Å². The summed E-state index contributed by atoms with van der Waals surface area (Å²) < 4.78 is 27.7. The Labute approximate surface area is 175 Å². The van der Waals surface area contributed by atoms with Crippen molar-refractivity contribution >= 4 is 38.3 Å². The van der Waals surface area contributed by atoms with Gasteiger partial charge in [-0.2, -0.15) is 0 Å². The molecule has 6 nitrogen and oxygen atoms in total. The third-order valence-corrected chi connectivity index (χ3v) is 6.54. The summed E-state index contributed by atoms with van der Waals surface area (Å²) in [4.78, 5) is 16.5. The number of nitrogens with zero attached hydrogens (tertiary/aromatic N) is 1. The number of benzene rings is 2. The Morgan fingerprint density at radius 2 is 1.76 bits per heavy atom. The van der Waals surface area contributed by atoms with Crippen molar-refractivity contribution < 1.29 is 13.2 Å². The molecule has 3 rings (SSSR count). The van der Waals surface area contributed by atoms with Crippen LogP contribution in [0.1, 0.15) is 29.2 Å². The maximum atomic E-state index is 12.6. The van der Waals surface area contributed by atoms with E-state index in [1.54, 1.807) is 25.1 Å². The van der Waals surface area contributed by atoms with Gasteiger partial charge in [0.2, 0.25) is 5.91 Å². The molecule has 0 saturated heterocycles. The van der Waals surface area contributed by atoms with E-state index < -0.39 is 10.0 Å². The summed E-state index contributed by atoms with van der Waals surface area (Å²) in [5, 5.41) is 3.38. The molecule has 1 heterocycles. The van der Waals surface area contributed by atoms with Gasteiger partial charge in [-0.15, -0.1) is 0 Å². The van der Waals surface area contributed by atoms with Crippen LogP contribution in [0.25, 0.3) is 4.91 Å². The maximum absolute atomic E-state index is 12.6. The van der Waals surface area contributed by atoms with Crippen LogP contribution in [-0.4, -0.2) is 26.7 Å². The van der Waals surface area contributed by atoms with E-state index in [2.05, 4.69) is 15.0 Å². The maximum Gasteiger partial charge on any atom is 0.264 e. The van der Waals surface area contributed by atoms with Gasteiger partial charge in [-0.1, -0.05) is 41.9 Å². The number of hydrogen-bond donors (Lipinski definition) is 2. The first-order chi connectivity index (χ1) is 13.7. The lowest BCUT2D eigenvalue weighted by atomic mass is 10.0. The molecule has 1 aliphatic rings. The Bertz CT molecular complexity index is 1120. The molecule has 1 aliphatic heterocycles. The summed E-state index contributed by atoms with van der Waals surface area (Å²) >= 11 is 5.84. The van der Waals surface area contributed by atoms with Crippen LogP contribution in [0.3, 0.4) is 0 Å². The molecule has 0 unspecified atom stereocenters. The van der Waals surface area contributed by atoms with Crippen LogP contribution in [-0.2, 0) is 21.4 Å². The van der Waals surface area contributed by atoms with Gasteiger partial charge in [0.05, 0.1) is 0 Å². The fourth-order valence-electron chi connectivity index (χ4n) is 2.98. The van der Waals surface area contributed by atoms with E-state index in [4.69, 9.17) is 11.6 Å². The molecule has 2 aromatic carbocycles. The lowest BCUT2D eigenvalue weighted by Gasteiger charge is -2.06. The lowest BCUT2D eigenvalue weighted by Crippen LogP contribution is -2.28. The van der Waals surface area contributed by atoms with Gasteiger partial charge in [0, 0.05) is 17.1 Å². The molecule has 0 bridgehead atoms. The Balaban J connectivity index is 1.73. The van der Waals surface area contributed by atoms with Gasteiger partial charge in [0.25, 0.3) is 10.0 Å². The molecule has 8 heteroatoms. The lowest BCUT2D eigenvalue weighted by molar-refractivity contribution is -0.119. The van der Waals surface area contributed by atoms with E-state index in [9.17, 15) is 13.2 Å². The standard InChI is InChI=1S/C21H22ClN3O3S/c1-13-4-7-17(10-14(13)2)20-15(3)21(25-29(20,27)28)24-12-19(26)23-11-16-5-8-18(22)9-6-16/h4-10H,11-12H2,1-3H3,(H,23,26)(H,24,25). The highest BCUT2D eigenvalue weighted by Gasteiger charge is 2.32. The van der Waals surface area contributed by atoms with Crippen molar-refractivity contribution in [2.24, 2.45) is 4.99 Å². The van der Waals surface area contributed by atoms with Crippen molar-refractivity contribution in [3.05, 3.63) is 75.3 Å². The highest BCUT2D eigenvalue weighted by Crippen LogP contribution is 2.30. The van der Waals surface area contributed by atoms with Crippen LogP contribution in [0.2, 0.25) is 5.02 Å². The van der Waals surface area contributed by atoms with Gasteiger partial charge in [0.15, 0.2) is 0 Å². The average Bonchev–Trinajstić information content (AvgIpc) is 2.90. The van der Waals surface area contributed by atoms with E-state index in [0.717, 1.165) is 16.7 Å². The number of rotatable bonds is 5. The summed E-state index contributed by atoms with van der Waals surface area (Å²) in [6.45, 7) is 5.76. The zero-order chi connectivity index (χ0) is 21.2. The van der Waals surface area contributed by atoms with Crippen LogP contribution < -0.4 is 10.0 Å². The molecule has 0 radical (unpaired) electrons. The summed E-state index contributed by atoms with van der Waals surface area (Å²) in [5.41, 5.74) is 4.10. The molecular weight excluding hydrogens is 410 g/mol. The fraction of sp³-hybridized carbons (Fsp3) is 0.238. The quantitative estimate of drug-likeness (QED) is 0.761. The molecule has 0 spiro atoms. The second kappa shape index (κ2) is 8.39. The van der Waals surface area contributed by atoms with Gasteiger partial charge in [-0.25, -0.2) is 8.42 Å². The molecule has 0 atom stereocenters. The van der Waals surface area contributed by atoms with Gasteiger partial charge in [-0.3, -0.25) is 14.5 Å². The minimum absolute atomic E-state index is 0.178. The summed E-state index contributed by atoms with van der Waals surface area (Å²) in [5.74, 6) is -0.112. The number of carbonyl (C=O) groups is 1. The zero-order valence-electron chi connectivity index (χ0n) is 16.4. The van der Waals surface area contributed by atoms with Crippen LogP contribution in [0, 0.1) is 13.8 Å². The number of halogens is 1. The number of amidine groups is 1. The summed E-state index contributed by atoms with van der Waals surface area (Å²) in [7, 11) is -3.72. The molecule has 2 aromatic rings. The third-order valence-electron chi connectivity index (χ3n) is 4.75. The smallest absolute Gasteiger partial charge is 0.264 e. The molecule has 0 aliphatic carbocycles. The third kappa shape index (κ3) is 4.86. The first-order valence-corrected chi connectivity index (χ1v) is 10.9. The second-order valence-corrected chi connectivity index (χ2v) is 8.98. The molecular formula is C21H22ClN3O3S. The van der Waals surface area contributed by atoms with Gasteiger partial charge >= 0.3 is 0 Å². The van der Waals surface area contributed by atoms with E-state index in [1.165, 1.54) is 0 Å². The van der Waals surface area contributed by atoms with Crippen molar-refractivity contribution in [1.82, 2.24) is 10.0 Å². The molecule has 152 valence electrons. The molecule has 2 N–H and O–H groups in total. The molecule has 0 saturated carbocycles. The van der Waals surface area contributed by atoms with Gasteiger partial charge in [-0.05, 0) is 55.2 Å². The van der Waals surface area contributed by atoms with E-state index in [1.807, 2.05) is 38.1 Å². The molecule has 29 heavy (non-hydrogen) atoms. The van der Waals surface area contributed by atoms with Crippen molar-refractivity contribution in [2.45, 2.75) is 27.3 Å². The number of aliphatic imine (C=N–C) groups is 1. The first-order valence-electron chi connectivity index (χ1n) is 9.04. The minimum Gasteiger partial charge on any atom is -0.350 e. The fourth-order valence-corrected chi connectivity index (χ4v) is 4.62. The van der Waals surface area contributed by atoms with Gasteiger partial charge < -0.3 is 5.32 Å². The second-order valence-electron chi connectivity index (χ2n) is 6.93. The van der Waals surface area contributed by atoms with E-state index >= 15 is 0 Å². The molecule has 1 amide bonds. The average molecular weight is 432 g/mol. The number of sulfonamides is 1. The topological polar surface area (TPSA) is 87.6 Å². The van der Waals surface area contributed by atoms with E-state index in [0.29, 0.717) is 22.7 Å². The van der Waals surface area contributed by atoms with Crippen molar-refractivity contribution in [1.29, 1.82) is 0 Å². The largest absolute Gasteiger partial charge is 0.350 e. The minimum atomic E-state index is -3.72. The SMILES string of the molecule is CC1=C(c2ccc(C)c(C)c2)S(=O)(=O)NC1=NCC(=O)NCc1ccc(Cl)cc1. The number of hydrogen-bond acceptors (Lipinski definition) is 4. The number of carbonyl (C=O) groups excluding carboxylic acids is 1. The van der Waals surface area contributed by atoms with Crippen molar-refractivity contribution in [3.8, 4) is 0 Å². The Hall–Kier alpha value is -2.64. The highest BCUT2D eigenvalue weighted by molar-refractivity contribution is 8.00. The molecule has 0 fully saturated rings. The summed E-state index contributed by atoms with van der Waals surface area (Å²) in [6, 6.07) is 12.7. The Morgan fingerprint density at radius 3 is 2.41 bits per heavy atom. The van der Waals surface area contributed by atoms with Gasteiger partial charge in [0.1, 0.15) is 17.3 Å². The predicted octanol–water partition coefficient (Wildman–Crippen LogP) is 3.34. The van der Waals surface area contributed by atoms with E-state index in [-0.39, 0.29) is 23.2 Å². The number of amides is 1. The number of aryl methyl sites for hydroxylation is 2. The van der Waals surface area contributed by atoms with Crippen LogP contribution in [0.15, 0.2) is 53.0 Å². The van der Waals surface area contributed by atoms with Crippen molar-refractivity contribution in [2.75, 3.05) is 6.54 Å². The zero-order valence-corrected chi connectivity index (χ0v) is 18.0. The van der Waals surface area contributed by atoms with Crippen molar-refractivity contribution in [3.63, 3.8) is 0 Å². The highest BCUT2D eigenvalue weighted by atomic mass is 35.5. The number of nitrogens with one attached hydrogen (secondary N) is 2. The predicted molar refractivity (Wildman–Crippen MR) is 116 cm³/mol. The first kappa shape index (κ1) is 21.1. The monoisotopic (exact) mass is 431 g/mol. The molecule has 0 aromatic heterocycles. The summed E-state index contributed by atoms with van der Waals surface area (Å²) in [6.07, 6.45) is 0. The van der Waals surface area contributed by atoms with Crippen LogP contribution >= 0.6 is 11.6 Å². The van der Waals surface area contributed by atoms with Crippen LogP contribution in [0.5, 0.6) is 0 Å². The Morgan fingerprint density at radius 1 is 1.07 bits per heavy atom. The normalized spacial score (nSPS) is 16.8. The Kier molecular flexibility index (Phi) is 6.10.